The van der Waals surface area contributed by atoms with Gasteiger partial charge in [0.2, 0.25) is 0 Å². The van der Waals surface area contributed by atoms with Crippen LogP contribution in [-0.4, -0.2) is 0 Å². The summed E-state index contributed by atoms with van der Waals surface area (Å²) >= 11 is 0. The van der Waals surface area contributed by atoms with Gasteiger partial charge in [-0.15, -0.1) is 0 Å². The van der Waals surface area contributed by atoms with Gasteiger partial charge in [0, 0.05) is 6.16 Å². The van der Waals surface area contributed by atoms with Crippen molar-refractivity contribution in [3.05, 3.63) is 33.9 Å². The third-order valence-corrected chi connectivity index (χ3v) is 4.39. The Balaban J connectivity index is 3.50. The minimum Gasteiger partial charge on any atom is -0.810 e. The van der Waals surface area contributed by atoms with Crippen LogP contribution in [0.2, 0.25) is 0 Å². The molecule has 0 heterocycles. The molecule has 0 unspecified atom stereocenters. The maximum Gasteiger partial charge on any atom is 0.000515 e. The van der Waals surface area contributed by atoms with E-state index >= 15 is 0 Å². The molecule has 0 radical (unpaired) electrons. The topological polar surface area (TPSA) is 63.2 Å². The summed E-state index contributed by atoms with van der Waals surface area (Å²) < 4.78 is 11.1. The number of aryl methyl sites for hydroxylation is 1. The summed E-state index contributed by atoms with van der Waals surface area (Å²) in [6, 6.07) is 1.93. The van der Waals surface area contributed by atoms with Crippen molar-refractivity contribution in [2.45, 2.75) is 59.5 Å². The summed E-state index contributed by atoms with van der Waals surface area (Å²) in [6.45, 7) is 8.30. The van der Waals surface area contributed by atoms with Crippen molar-refractivity contribution in [2.24, 2.45) is 0 Å². The van der Waals surface area contributed by atoms with Gasteiger partial charge in [0.1, 0.15) is 0 Å². The molecule has 0 saturated carbocycles. The van der Waals surface area contributed by atoms with Crippen LogP contribution in [0.5, 0.6) is 0 Å². The van der Waals surface area contributed by atoms with E-state index in [4.69, 9.17) is 0 Å². The van der Waals surface area contributed by atoms with Crippen LogP contribution in [0.3, 0.4) is 0 Å². The van der Waals surface area contributed by atoms with Crippen molar-refractivity contribution in [1.29, 1.82) is 0 Å². The van der Waals surface area contributed by atoms with Crippen molar-refractivity contribution in [3.63, 3.8) is 0 Å². The number of benzene rings is 1. The van der Waals surface area contributed by atoms with Gasteiger partial charge in [0.05, 0.1) is 0 Å². The Labute approximate surface area is 116 Å². The Kier molecular flexibility index (Phi) is 5.79. The summed E-state index contributed by atoms with van der Waals surface area (Å²) in [6.07, 6.45) is 3.12. The van der Waals surface area contributed by atoms with Crippen molar-refractivity contribution >= 4 is 7.60 Å². The molecule has 1 rings (SSSR count). The second-order valence-corrected chi connectivity index (χ2v) is 6.35. The predicted molar refractivity (Wildman–Crippen MR) is 75.3 cm³/mol. The largest absolute Gasteiger partial charge is 0.810 e. The third-order valence-electron chi connectivity index (χ3n) is 3.66. The molecule has 0 saturated heterocycles. The zero-order valence-electron chi connectivity index (χ0n) is 12.3. The van der Waals surface area contributed by atoms with Crippen molar-refractivity contribution in [2.75, 3.05) is 0 Å². The average Bonchev–Trinajstić information content (AvgIpc) is 2.35. The Bertz CT molecular complexity index is 489. The van der Waals surface area contributed by atoms with Gasteiger partial charge < -0.3 is 14.4 Å². The maximum atomic E-state index is 11.1. The van der Waals surface area contributed by atoms with Gasteiger partial charge >= 0.3 is 0 Å². The maximum absolute atomic E-state index is 11.1. The summed E-state index contributed by atoms with van der Waals surface area (Å²) in [4.78, 5) is 22.2. The van der Waals surface area contributed by atoms with Crippen molar-refractivity contribution in [1.82, 2.24) is 0 Å². The highest BCUT2D eigenvalue weighted by Crippen LogP contribution is 2.35. The van der Waals surface area contributed by atoms with Crippen molar-refractivity contribution < 1.29 is 14.4 Å². The van der Waals surface area contributed by atoms with Gasteiger partial charge in [-0.1, -0.05) is 41.4 Å². The zero-order valence-corrected chi connectivity index (χ0v) is 13.2. The van der Waals surface area contributed by atoms with Gasteiger partial charge in [-0.05, 0) is 53.5 Å². The van der Waals surface area contributed by atoms with Crippen LogP contribution in [0.25, 0.3) is 0 Å². The molecule has 0 bridgehead atoms. The van der Waals surface area contributed by atoms with E-state index in [9.17, 15) is 14.4 Å². The molecular weight excluding hydrogens is 259 g/mol. The lowest BCUT2D eigenvalue weighted by Gasteiger charge is -2.31. The monoisotopic (exact) mass is 282 g/mol. The molecule has 0 aromatic heterocycles. The highest BCUT2D eigenvalue weighted by atomic mass is 31.2. The highest BCUT2D eigenvalue weighted by Gasteiger charge is 2.14. The fourth-order valence-electron chi connectivity index (χ4n) is 2.93. The molecule has 0 atom stereocenters. The molecule has 3 nitrogen and oxygen atoms in total. The Hall–Kier alpha value is -0.630. The minimum atomic E-state index is -4.51. The first-order valence-electron chi connectivity index (χ1n) is 7.04. The van der Waals surface area contributed by atoms with E-state index in [2.05, 4.69) is 20.8 Å². The van der Waals surface area contributed by atoms with Crippen LogP contribution >= 0.6 is 7.60 Å². The molecule has 0 aliphatic carbocycles. The first kappa shape index (κ1) is 16.4. The van der Waals surface area contributed by atoms with Gasteiger partial charge in [-0.25, -0.2) is 0 Å². The van der Waals surface area contributed by atoms with Gasteiger partial charge in [-0.2, -0.15) is 0 Å². The standard InChI is InChI=1S/C15H25O3P/c1-5-11-9-12(10-19(16,17)18)14(7-3)15(8-4)13(11)6-2/h9H,5-8,10H2,1-4H3,(H2,16,17,18)/p-2. The number of rotatable bonds is 6. The van der Waals surface area contributed by atoms with Crippen LogP contribution in [0.4, 0.5) is 0 Å². The first-order chi connectivity index (χ1) is 8.87. The predicted octanol–water partition coefficient (Wildman–Crippen LogP) is 2.35. The Morgan fingerprint density at radius 3 is 1.68 bits per heavy atom. The van der Waals surface area contributed by atoms with E-state index in [0.717, 1.165) is 31.2 Å². The van der Waals surface area contributed by atoms with Gasteiger partial charge in [0.15, 0.2) is 0 Å². The first-order valence-corrected chi connectivity index (χ1v) is 8.77. The lowest BCUT2D eigenvalue weighted by atomic mass is 9.87. The minimum absolute atomic E-state index is 0.361. The summed E-state index contributed by atoms with van der Waals surface area (Å²) in [5.74, 6) is 0. The Morgan fingerprint density at radius 2 is 1.32 bits per heavy atom. The van der Waals surface area contributed by atoms with E-state index in [1.165, 1.54) is 16.7 Å². The van der Waals surface area contributed by atoms with E-state index in [1.54, 1.807) is 0 Å². The normalized spacial score (nSPS) is 11.9. The smallest absolute Gasteiger partial charge is 0.000515 e. The molecular formula is C15H23O3P-2. The summed E-state index contributed by atoms with van der Waals surface area (Å²) in [7, 11) is -4.51. The van der Waals surface area contributed by atoms with Crippen LogP contribution in [0, 0.1) is 0 Å². The fourth-order valence-corrected chi connectivity index (χ4v) is 3.63. The SMILES string of the molecule is CCc1cc(CP(=O)([O-])[O-])c(CC)c(CC)c1CC. The van der Waals surface area contributed by atoms with E-state index in [0.29, 0.717) is 5.56 Å². The summed E-state index contributed by atoms with van der Waals surface area (Å²) in [5, 5.41) is 0. The zero-order chi connectivity index (χ0) is 14.6. The molecule has 0 fully saturated rings. The number of hydrogen-bond acceptors (Lipinski definition) is 3. The highest BCUT2D eigenvalue weighted by molar-refractivity contribution is 7.47. The molecule has 108 valence electrons. The molecule has 0 aliphatic rings. The van der Waals surface area contributed by atoms with Gasteiger partial charge in [0.25, 0.3) is 0 Å². The number of hydrogen-bond donors (Lipinski definition) is 0. The van der Waals surface area contributed by atoms with Crippen LogP contribution in [-0.2, 0) is 36.4 Å². The Morgan fingerprint density at radius 1 is 0.842 bits per heavy atom. The third kappa shape index (κ3) is 3.92. The molecule has 0 amide bonds. The fraction of sp³-hybridized carbons (Fsp3) is 0.600. The molecule has 19 heavy (non-hydrogen) atoms. The quantitative estimate of drug-likeness (QED) is 0.752. The molecule has 1 aromatic carbocycles. The van der Waals surface area contributed by atoms with Crippen LogP contribution < -0.4 is 9.79 Å². The lowest BCUT2D eigenvalue weighted by Crippen LogP contribution is -2.17. The van der Waals surface area contributed by atoms with Crippen LogP contribution in [0.1, 0.15) is 55.5 Å². The summed E-state index contributed by atoms with van der Waals surface area (Å²) in [5.41, 5.74) is 5.52. The average molecular weight is 282 g/mol. The second kappa shape index (κ2) is 6.69. The molecule has 1 aromatic rings. The molecule has 0 spiro atoms. The molecule has 0 N–H and O–H groups in total. The molecule has 0 aliphatic heterocycles. The lowest BCUT2D eigenvalue weighted by molar-refractivity contribution is -0.314. The second-order valence-electron chi connectivity index (χ2n) is 4.81. The van der Waals surface area contributed by atoms with E-state index in [-0.39, 0.29) is 6.16 Å². The van der Waals surface area contributed by atoms with Crippen LogP contribution in [0.15, 0.2) is 6.07 Å². The molecule has 4 heteroatoms. The van der Waals surface area contributed by atoms with Crippen molar-refractivity contribution in [3.8, 4) is 0 Å². The van der Waals surface area contributed by atoms with E-state index in [1.807, 2.05) is 13.0 Å². The van der Waals surface area contributed by atoms with Gasteiger partial charge in [-0.3, -0.25) is 0 Å². The van der Waals surface area contributed by atoms with E-state index < -0.39 is 7.60 Å².